The summed E-state index contributed by atoms with van der Waals surface area (Å²) in [6.45, 7) is 7.07. The minimum absolute atomic E-state index is 0.670. The van der Waals surface area contributed by atoms with Gasteiger partial charge in [-0.15, -0.1) is 0 Å². The summed E-state index contributed by atoms with van der Waals surface area (Å²) in [6.07, 6.45) is 2.53. The van der Waals surface area contributed by atoms with Crippen LogP contribution in [0, 0.1) is 0 Å². The van der Waals surface area contributed by atoms with Gasteiger partial charge >= 0.3 is 0 Å². The zero-order valence-electron chi connectivity index (χ0n) is 10.3. The monoisotopic (exact) mass is 218 g/mol. The molecule has 16 heavy (non-hydrogen) atoms. The predicted octanol–water partition coefficient (Wildman–Crippen LogP) is 2.86. The fourth-order valence-electron chi connectivity index (χ4n) is 2.80. The number of nitrogens with two attached hydrogens (primary N) is 1. The Morgan fingerprint density at radius 1 is 1.31 bits per heavy atom. The quantitative estimate of drug-likeness (QED) is 0.790. The van der Waals surface area contributed by atoms with Crippen LogP contribution in [0.3, 0.4) is 0 Å². The number of benzene rings is 1. The molecule has 2 unspecified atom stereocenters. The molecule has 1 saturated heterocycles. The van der Waals surface area contributed by atoms with Crippen LogP contribution in [-0.4, -0.2) is 24.0 Å². The Morgan fingerprint density at radius 2 is 2.00 bits per heavy atom. The van der Waals surface area contributed by atoms with Gasteiger partial charge in [0.05, 0.1) is 0 Å². The lowest BCUT2D eigenvalue weighted by Crippen LogP contribution is -2.30. The first-order valence-corrected chi connectivity index (χ1v) is 6.32. The van der Waals surface area contributed by atoms with Gasteiger partial charge in [0.2, 0.25) is 0 Å². The van der Waals surface area contributed by atoms with Gasteiger partial charge in [-0.05, 0) is 50.6 Å². The molecule has 0 aromatic heterocycles. The Balaban J connectivity index is 2.08. The summed E-state index contributed by atoms with van der Waals surface area (Å²) in [6, 6.07) is 9.08. The van der Waals surface area contributed by atoms with Crippen molar-refractivity contribution < 1.29 is 0 Å². The maximum Gasteiger partial charge on any atom is 0.0314 e. The second-order valence-corrected chi connectivity index (χ2v) is 4.84. The highest BCUT2D eigenvalue weighted by atomic mass is 15.2. The maximum absolute atomic E-state index is 5.72. The third kappa shape index (κ3) is 2.22. The summed E-state index contributed by atoms with van der Waals surface area (Å²) >= 11 is 0. The van der Waals surface area contributed by atoms with Crippen LogP contribution in [0.4, 0.5) is 5.69 Å². The fourth-order valence-corrected chi connectivity index (χ4v) is 2.80. The van der Waals surface area contributed by atoms with Crippen LogP contribution in [0.5, 0.6) is 0 Å². The fraction of sp³-hybridized carbons (Fsp3) is 0.571. The van der Waals surface area contributed by atoms with E-state index in [0.29, 0.717) is 12.0 Å². The summed E-state index contributed by atoms with van der Waals surface area (Å²) in [5, 5.41) is 0. The van der Waals surface area contributed by atoms with E-state index in [1.807, 2.05) is 12.1 Å². The summed E-state index contributed by atoms with van der Waals surface area (Å²) in [7, 11) is 0. The van der Waals surface area contributed by atoms with Crippen molar-refractivity contribution in [3.8, 4) is 0 Å². The molecule has 2 atom stereocenters. The molecule has 1 aliphatic rings. The van der Waals surface area contributed by atoms with E-state index in [1.165, 1.54) is 31.5 Å². The lowest BCUT2D eigenvalue weighted by atomic mass is 9.92. The molecular weight excluding hydrogens is 196 g/mol. The van der Waals surface area contributed by atoms with Crippen molar-refractivity contribution in [1.82, 2.24) is 4.90 Å². The van der Waals surface area contributed by atoms with Crippen molar-refractivity contribution in [3.63, 3.8) is 0 Å². The summed E-state index contributed by atoms with van der Waals surface area (Å²) in [5.41, 5.74) is 8.03. The normalized spacial score (nSPS) is 26.1. The first kappa shape index (κ1) is 11.5. The molecule has 1 aromatic carbocycles. The molecular formula is C14H22N2. The first-order valence-electron chi connectivity index (χ1n) is 6.32. The first-order chi connectivity index (χ1) is 7.72. The van der Waals surface area contributed by atoms with Gasteiger partial charge in [-0.25, -0.2) is 0 Å². The molecule has 1 fully saturated rings. The molecule has 0 saturated carbocycles. The number of anilines is 1. The van der Waals surface area contributed by atoms with Gasteiger partial charge in [-0.3, -0.25) is 0 Å². The number of nitrogens with zero attached hydrogens (tertiary/aromatic N) is 1. The van der Waals surface area contributed by atoms with Gasteiger partial charge in [0.15, 0.2) is 0 Å². The Kier molecular flexibility index (Phi) is 3.49. The topological polar surface area (TPSA) is 29.3 Å². The number of hydrogen-bond donors (Lipinski definition) is 1. The molecule has 2 nitrogen and oxygen atoms in total. The van der Waals surface area contributed by atoms with Crippen LogP contribution in [0.2, 0.25) is 0 Å². The van der Waals surface area contributed by atoms with Crippen LogP contribution in [0.25, 0.3) is 0 Å². The minimum Gasteiger partial charge on any atom is -0.399 e. The van der Waals surface area contributed by atoms with Gasteiger partial charge in [-0.1, -0.05) is 19.1 Å². The van der Waals surface area contributed by atoms with Crippen LogP contribution in [0.1, 0.15) is 38.2 Å². The second-order valence-electron chi connectivity index (χ2n) is 4.84. The molecule has 1 aromatic rings. The molecule has 0 spiro atoms. The zero-order chi connectivity index (χ0) is 11.5. The molecule has 2 rings (SSSR count). The molecule has 0 bridgehead atoms. The molecule has 0 radical (unpaired) electrons. The average Bonchev–Trinajstić information content (AvgIpc) is 2.63. The number of hydrogen-bond acceptors (Lipinski definition) is 2. The standard InChI is InChI=1S/C14H22N2/c1-3-9-16-10-8-14(11(16)2)12-4-6-13(15)7-5-12/h4-7,11,14H,3,8-10,15H2,1-2H3. The lowest BCUT2D eigenvalue weighted by molar-refractivity contribution is 0.260. The molecule has 2 heteroatoms. The number of rotatable bonds is 3. The van der Waals surface area contributed by atoms with Gasteiger partial charge in [0.1, 0.15) is 0 Å². The van der Waals surface area contributed by atoms with E-state index in [9.17, 15) is 0 Å². The minimum atomic E-state index is 0.670. The van der Waals surface area contributed by atoms with Crippen molar-refractivity contribution in [3.05, 3.63) is 29.8 Å². The van der Waals surface area contributed by atoms with E-state index in [4.69, 9.17) is 5.73 Å². The van der Waals surface area contributed by atoms with Gasteiger partial charge in [0, 0.05) is 17.6 Å². The molecule has 0 aliphatic carbocycles. The highest BCUT2D eigenvalue weighted by molar-refractivity contribution is 5.40. The average molecular weight is 218 g/mol. The third-order valence-electron chi connectivity index (χ3n) is 3.76. The molecule has 1 aliphatic heterocycles. The van der Waals surface area contributed by atoms with Crippen molar-refractivity contribution in [2.45, 2.75) is 38.6 Å². The largest absolute Gasteiger partial charge is 0.399 e. The van der Waals surface area contributed by atoms with E-state index < -0.39 is 0 Å². The van der Waals surface area contributed by atoms with E-state index in [2.05, 4.69) is 30.9 Å². The van der Waals surface area contributed by atoms with Crippen molar-refractivity contribution in [1.29, 1.82) is 0 Å². The summed E-state index contributed by atoms with van der Waals surface area (Å²) in [4.78, 5) is 2.60. The van der Waals surface area contributed by atoms with Gasteiger partial charge in [0.25, 0.3) is 0 Å². The van der Waals surface area contributed by atoms with E-state index in [0.717, 1.165) is 5.69 Å². The van der Waals surface area contributed by atoms with Gasteiger partial charge < -0.3 is 10.6 Å². The van der Waals surface area contributed by atoms with Crippen LogP contribution in [0.15, 0.2) is 24.3 Å². The Bertz CT molecular complexity index is 331. The second kappa shape index (κ2) is 4.88. The smallest absolute Gasteiger partial charge is 0.0314 e. The lowest BCUT2D eigenvalue weighted by Gasteiger charge is -2.24. The zero-order valence-corrected chi connectivity index (χ0v) is 10.3. The summed E-state index contributed by atoms with van der Waals surface area (Å²) in [5.74, 6) is 0.687. The maximum atomic E-state index is 5.72. The van der Waals surface area contributed by atoms with E-state index in [1.54, 1.807) is 0 Å². The van der Waals surface area contributed by atoms with Gasteiger partial charge in [-0.2, -0.15) is 0 Å². The van der Waals surface area contributed by atoms with Crippen LogP contribution >= 0.6 is 0 Å². The Hall–Kier alpha value is -1.02. The Morgan fingerprint density at radius 3 is 2.62 bits per heavy atom. The number of likely N-dealkylation sites (tertiary alicyclic amines) is 1. The molecule has 2 N–H and O–H groups in total. The molecule has 88 valence electrons. The molecule has 1 heterocycles. The van der Waals surface area contributed by atoms with Crippen molar-refractivity contribution in [2.24, 2.45) is 0 Å². The van der Waals surface area contributed by atoms with Crippen molar-refractivity contribution in [2.75, 3.05) is 18.8 Å². The Labute approximate surface area is 98.4 Å². The van der Waals surface area contributed by atoms with E-state index in [-0.39, 0.29) is 0 Å². The third-order valence-corrected chi connectivity index (χ3v) is 3.76. The SMILES string of the molecule is CCCN1CCC(c2ccc(N)cc2)C1C. The van der Waals surface area contributed by atoms with E-state index >= 15 is 0 Å². The van der Waals surface area contributed by atoms with Crippen LogP contribution in [-0.2, 0) is 0 Å². The highest BCUT2D eigenvalue weighted by Crippen LogP contribution is 2.33. The summed E-state index contributed by atoms with van der Waals surface area (Å²) < 4.78 is 0. The van der Waals surface area contributed by atoms with Crippen LogP contribution < -0.4 is 5.73 Å². The number of nitrogen functional groups attached to an aromatic ring is 1. The van der Waals surface area contributed by atoms with Crippen molar-refractivity contribution >= 4 is 5.69 Å². The highest BCUT2D eigenvalue weighted by Gasteiger charge is 2.30. The molecule has 0 amide bonds. The predicted molar refractivity (Wildman–Crippen MR) is 69.5 cm³/mol.